The minimum atomic E-state index is -0.0620. The van der Waals surface area contributed by atoms with Crippen molar-refractivity contribution in [2.45, 2.75) is 52.9 Å². The molecule has 3 heteroatoms. The van der Waals surface area contributed by atoms with Crippen LogP contribution in [-0.2, 0) is 11.2 Å². The number of hydrogen-bond donors (Lipinski definition) is 0. The molecule has 0 aliphatic heterocycles. The van der Waals surface area contributed by atoms with E-state index in [4.69, 9.17) is 0 Å². The van der Waals surface area contributed by atoms with Gasteiger partial charge in [-0.05, 0) is 26.7 Å². The molecule has 0 unspecified atom stereocenters. The molecule has 1 aromatic rings. The Balaban J connectivity index is 2.07. The van der Waals surface area contributed by atoms with Crippen LogP contribution < -0.4 is 0 Å². The number of carbonyl (C=O) groups excluding carboxylic acids is 1. The summed E-state index contributed by atoms with van der Waals surface area (Å²) in [5.41, 5.74) is 1.01. The van der Waals surface area contributed by atoms with Gasteiger partial charge in [-0.3, -0.25) is 4.79 Å². The van der Waals surface area contributed by atoms with Crippen molar-refractivity contribution in [1.82, 2.24) is 4.98 Å². The zero-order valence-electron chi connectivity index (χ0n) is 10.3. The first-order valence-corrected chi connectivity index (χ1v) is 6.79. The topological polar surface area (TPSA) is 30.0 Å². The van der Waals surface area contributed by atoms with Gasteiger partial charge in [-0.2, -0.15) is 0 Å². The lowest BCUT2D eigenvalue weighted by atomic mass is 9.83. The molecule has 1 aliphatic rings. The number of carbonyl (C=O) groups is 1. The van der Waals surface area contributed by atoms with Crippen LogP contribution in [0.3, 0.4) is 0 Å². The van der Waals surface area contributed by atoms with Gasteiger partial charge < -0.3 is 0 Å². The maximum Gasteiger partial charge on any atom is 0.145 e. The highest BCUT2D eigenvalue weighted by atomic mass is 32.1. The average Bonchev–Trinajstić information content (AvgIpc) is 2.76. The lowest BCUT2D eigenvalue weighted by Gasteiger charge is -2.20. The average molecular weight is 237 g/mol. The SMILES string of the molecule is Cc1nc(CC(=O)C2(C)CCCC2)sc1C. The Morgan fingerprint density at radius 3 is 2.50 bits per heavy atom. The van der Waals surface area contributed by atoms with E-state index < -0.39 is 0 Å². The highest BCUT2D eigenvalue weighted by Crippen LogP contribution is 2.39. The van der Waals surface area contributed by atoms with E-state index in [1.807, 2.05) is 6.92 Å². The number of ketones is 1. The molecule has 2 nitrogen and oxygen atoms in total. The number of thiazole rings is 1. The van der Waals surface area contributed by atoms with E-state index in [1.165, 1.54) is 17.7 Å². The van der Waals surface area contributed by atoms with Crippen LogP contribution in [0.1, 0.15) is 48.2 Å². The van der Waals surface area contributed by atoms with Crippen molar-refractivity contribution >= 4 is 17.1 Å². The van der Waals surface area contributed by atoms with Gasteiger partial charge in [-0.15, -0.1) is 11.3 Å². The maximum atomic E-state index is 12.2. The maximum absolute atomic E-state index is 12.2. The number of nitrogens with zero attached hydrogens (tertiary/aromatic N) is 1. The van der Waals surface area contributed by atoms with Gasteiger partial charge >= 0.3 is 0 Å². The summed E-state index contributed by atoms with van der Waals surface area (Å²) in [6, 6.07) is 0. The first-order valence-electron chi connectivity index (χ1n) is 5.97. The third-order valence-electron chi connectivity index (χ3n) is 3.76. The van der Waals surface area contributed by atoms with Crippen LogP contribution >= 0.6 is 11.3 Å². The number of rotatable bonds is 3. The molecule has 1 heterocycles. The smallest absolute Gasteiger partial charge is 0.145 e. The minimum absolute atomic E-state index is 0.0620. The second-order valence-corrected chi connectivity index (χ2v) is 6.40. The van der Waals surface area contributed by atoms with Crippen molar-refractivity contribution in [3.05, 3.63) is 15.6 Å². The predicted octanol–water partition coefficient (Wildman–Crippen LogP) is 3.45. The molecule has 0 aromatic carbocycles. The Hall–Kier alpha value is -0.700. The standard InChI is InChI=1S/C13H19NOS/c1-9-10(2)16-12(14-9)8-11(15)13(3)6-4-5-7-13/h4-8H2,1-3H3. The lowest BCUT2D eigenvalue weighted by molar-refractivity contribution is -0.126. The third-order valence-corrected chi connectivity index (χ3v) is 4.84. The van der Waals surface area contributed by atoms with Crippen LogP contribution in [-0.4, -0.2) is 10.8 Å². The zero-order chi connectivity index (χ0) is 11.8. The Bertz CT molecular complexity index is 383. The molecule has 0 atom stereocenters. The Morgan fingerprint density at radius 1 is 1.38 bits per heavy atom. The summed E-state index contributed by atoms with van der Waals surface area (Å²) in [5.74, 6) is 0.388. The number of aryl methyl sites for hydroxylation is 2. The second-order valence-electron chi connectivity index (χ2n) is 5.12. The monoisotopic (exact) mass is 237 g/mol. The minimum Gasteiger partial charge on any atom is -0.299 e. The quantitative estimate of drug-likeness (QED) is 0.806. The van der Waals surface area contributed by atoms with Gasteiger partial charge in [0, 0.05) is 10.3 Å². The number of Topliss-reactive ketones (excluding diaryl/α,β-unsaturated/α-hetero) is 1. The molecule has 0 saturated heterocycles. The molecule has 1 saturated carbocycles. The fraction of sp³-hybridized carbons (Fsp3) is 0.692. The second kappa shape index (κ2) is 4.28. The molecule has 1 aromatic heterocycles. The summed E-state index contributed by atoms with van der Waals surface area (Å²) in [4.78, 5) is 17.9. The van der Waals surface area contributed by atoms with Crippen LogP contribution in [0.4, 0.5) is 0 Å². The molecule has 1 fully saturated rings. The fourth-order valence-electron chi connectivity index (χ4n) is 2.40. The van der Waals surface area contributed by atoms with Crippen LogP contribution in [0.25, 0.3) is 0 Å². The summed E-state index contributed by atoms with van der Waals surface area (Å²) >= 11 is 1.67. The third kappa shape index (κ3) is 2.19. The Kier molecular flexibility index (Phi) is 3.15. The van der Waals surface area contributed by atoms with Crippen molar-refractivity contribution in [2.24, 2.45) is 5.41 Å². The van der Waals surface area contributed by atoms with Gasteiger partial charge in [0.1, 0.15) is 10.8 Å². The van der Waals surface area contributed by atoms with Gasteiger partial charge in [0.2, 0.25) is 0 Å². The van der Waals surface area contributed by atoms with Gasteiger partial charge in [-0.25, -0.2) is 4.98 Å². The molecule has 0 bridgehead atoms. The van der Waals surface area contributed by atoms with Crippen LogP contribution in [0, 0.1) is 19.3 Å². The highest BCUT2D eigenvalue weighted by molar-refractivity contribution is 7.11. The lowest BCUT2D eigenvalue weighted by Crippen LogP contribution is -2.25. The summed E-state index contributed by atoms with van der Waals surface area (Å²) in [6.07, 6.45) is 5.08. The number of aromatic nitrogens is 1. The molecular weight excluding hydrogens is 218 g/mol. The van der Waals surface area contributed by atoms with Gasteiger partial charge in [0.05, 0.1) is 12.1 Å². The van der Waals surface area contributed by atoms with E-state index in [2.05, 4.69) is 18.8 Å². The van der Waals surface area contributed by atoms with Crippen molar-refractivity contribution in [3.63, 3.8) is 0 Å². The summed E-state index contributed by atoms with van der Waals surface area (Å²) in [6.45, 7) is 6.20. The van der Waals surface area contributed by atoms with Crippen LogP contribution in [0.2, 0.25) is 0 Å². The molecule has 1 aliphatic carbocycles. The molecule has 0 radical (unpaired) electrons. The van der Waals surface area contributed by atoms with Crippen LogP contribution in [0.5, 0.6) is 0 Å². The van der Waals surface area contributed by atoms with E-state index in [9.17, 15) is 4.79 Å². The highest BCUT2D eigenvalue weighted by Gasteiger charge is 2.35. The van der Waals surface area contributed by atoms with E-state index in [-0.39, 0.29) is 5.41 Å². The van der Waals surface area contributed by atoms with Crippen molar-refractivity contribution < 1.29 is 4.79 Å². The summed E-state index contributed by atoms with van der Waals surface area (Å²) in [7, 11) is 0. The number of hydrogen-bond acceptors (Lipinski definition) is 3. The van der Waals surface area contributed by atoms with E-state index in [0.29, 0.717) is 12.2 Å². The first kappa shape index (κ1) is 11.8. The fourth-order valence-corrected chi connectivity index (χ4v) is 3.33. The summed E-state index contributed by atoms with van der Waals surface area (Å²) in [5, 5.41) is 0.994. The molecule has 0 spiro atoms. The molecule has 0 amide bonds. The van der Waals surface area contributed by atoms with Crippen molar-refractivity contribution in [1.29, 1.82) is 0 Å². The van der Waals surface area contributed by atoms with Crippen LogP contribution in [0.15, 0.2) is 0 Å². The predicted molar refractivity (Wildman–Crippen MR) is 66.9 cm³/mol. The zero-order valence-corrected chi connectivity index (χ0v) is 11.1. The largest absolute Gasteiger partial charge is 0.299 e. The van der Waals surface area contributed by atoms with Crippen molar-refractivity contribution in [3.8, 4) is 0 Å². The Morgan fingerprint density at radius 2 is 2.00 bits per heavy atom. The first-order chi connectivity index (χ1) is 7.51. The van der Waals surface area contributed by atoms with E-state index in [0.717, 1.165) is 23.5 Å². The van der Waals surface area contributed by atoms with E-state index >= 15 is 0 Å². The molecule has 16 heavy (non-hydrogen) atoms. The van der Waals surface area contributed by atoms with Gasteiger partial charge in [0.15, 0.2) is 0 Å². The van der Waals surface area contributed by atoms with Gasteiger partial charge in [0.25, 0.3) is 0 Å². The van der Waals surface area contributed by atoms with Gasteiger partial charge in [-0.1, -0.05) is 19.8 Å². The Labute approximate surface area is 101 Å². The molecule has 2 rings (SSSR count). The summed E-state index contributed by atoms with van der Waals surface area (Å²) < 4.78 is 0. The molecule has 88 valence electrons. The van der Waals surface area contributed by atoms with E-state index in [1.54, 1.807) is 11.3 Å². The normalized spacial score (nSPS) is 18.9. The molecular formula is C13H19NOS. The molecule has 0 N–H and O–H groups in total. The van der Waals surface area contributed by atoms with Crippen molar-refractivity contribution in [2.75, 3.05) is 0 Å².